The number of anilines is 1. The summed E-state index contributed by atoms with van der Waals surface area (Å²) < 4.78 is 30.6. The highest BCUT2D eigenvalue weighted by Gasteiger charge is 2.15. The Kier molecular flexibility index (Phi) is 5.89. The van der Waals surface area contributed by atoms with E-state index in [-0.39, 0.29) is 18.7 Å². The van der Waals surface area contributed by atoms with Crippen LogP contribution in [-0.4, -0.2) is 37.1 Å². The number of esters is 1. The third-order valence-corrected chi connectivity index (χ3v) is 2.66. The highest BCUT2D eigenvalue weighted by Crippen LogP contribution is 2.15. The van der Waals surface area contributed by atoms with Crippen LogP contribution < -0.4 is 5.32 Å². The molecule has 0 unspecified atom stereocenters. The lowest BCUT2D eigenvalue weighted by Crippen LogP contribution is -2.36. The highest BCUT2D eigenvalue weighted by molar-refractivity contribution is 5.89. The molecule has 1 aromatic carbocycles. The van der Waals surface area contributed by atoms with Crippen LogP contribution >= 0.6 is 0 Å². The summed E-state index contributed by atoms with van der Waals surface area (Å²) in [6.45, 7) is 2.21. The summed E-state index contributed by atoms with van der Waals surface area (Å²) in [5, 5.41) is 2.32. The molecule has 2 amide bonds. The van der Waals surface area contributed by atoms with Gasteiger partial charge in [-0.15, -0.1) is 0 Å². The predicted molar refractivity (Wildman–Crippen MR) is 69.3 cm³/mol. The van der Waals surface area contributed by atoms with E-state index < -0.39 is 23.6 Å². The molecule has 0 saturated heterocycles. The van der Waals surface area contributed by atoms with Crippen molar-refractivity contribution in [3.63, 3.8) is 0 Å². The fourth-order valence-corrected chi connectivity index (χ4v) is 1.52. The van der Waals surface area contributed by atoms with Crippen molar-refractivity contribution >= 4 is 17.7 Å². The van der Waals surface area contributed by atoms with Crippen LogP contribution in [-0.2, 0) is 9.53 Å². The monoisotopic (exact) mass is 286 g/mol. The minimum absolute atomic E-state index is 0.0453. The summed E-state index contributed by atoms with van der Waals surface area (Å²) in [5.74, 6) is -2.02. The van der Waals surface area contributed by atoms with E-state index >= 15 is 0 Å². The summed E-state index contributed by atoms with van der Waals surface area (Å²) >= 11 is 0. The molecule has 0 fully saturated rings. The van der Waals surface area contributed by atoms with Crippen LogP contribution in [0, 0.1) is 11.6 Å². The van der Waals surface area contributed by atoms with Gasteiger partial charge in [-0.2, -0.15) is 0 Å². The van der Waals surface area contributed by atoms with Crippen molar-refractivity contribution in [1.29, 1.82) is 0 Å². The molecular weight excluding hydrogens is 270 g/mol. The Bertz CT molecular complexity index is 495. The SMILES string of the molecule is CCN(CCC(=O)OC)C(=O)Nc1ccc(F)cc1F. The molecule has 0 aromatic heterocycles. The number of hydrogen-bond acceptors (Lipinski definition) is 3. The van der Waals surface area contributed by atoms with Gasteiger partial charge < -0.3 is 15.0 Å². The number of ether oxygens (including phenoxy) is 1. The van der Waals surface area contributed by atoms with Crippen molar-refractivity contribution in [2.24, 2.45) is 0 Å². The zero-order valence-electron chi connectivity index (χ0n) is 11.3. The van der Waals surface area contributed by atoms with E-state index in [0.717, 1.165) is 12.1 Å². The van der Waals surface area contributed by atoms with E-state index in [2.05, 4.69) is 10.1 Å². The van der Waals surface area contributed by atoms with Crippen molar-refractivity contribution in [3.05, 3.63) is 29.8 Å². The number of amides is 2. The number of halogens is 2. The fourth-order valence-electron chi connectivity index (χ4n) is 1.52. The molecule has 5 nitrogen and oxygen atoms in total. The molecule has 0 aliphatic heterocycles. The zero-order valence-corrected chi connectivity index (χ0v) is 11.3. The summed E-state index contributed by atoms with van der Waals surface area (Å²) in [7, 11) is 1.26. The molecule has 0 atom stereocenters. The van der Waals surface area contributed by atoms with Crippen molar-refractivity contribution in [1.82, 2.24) is 4.90 Å². The molecule has 1 rings (SSSR count). The maximum absolute atomic E-state index is 13.4. The summed E-state index contributed by atoms with van der Waals surface area (Å²) in [5.41, 5.74) is -0.118. The van der Waals surface area contributed by atoms with Crippen LogP contribution in [0.1, 0.15) is 13.3 Å². The Balaban J connectivity index is 2.65. The molecule has 0 bridgehead atoms. The lowest BCUT2D eigenvalue weighted by Gasteiger charge is -2.21. The summed E-state index contributed by atoms with van der Waals surface area (Å²) in [6.07, 6.45) is 0.0453. The normalized spacial score (nSPS) is 10.0. The van der Waals surface area contributed by atoms with Gasteiger partial charge in [0.15, 0.2) is 0 Å². The van der Waals surface area contributed by atoms with Crippen molar-refractivity contribution in [3.8, 4) is 0 Å². The Morgan fingerprint density at radius 2 is 2.05 bits per heavy atom. The number of nitrogens with one attached hydrogen (secondary N) is 1. The van der Waals surface area contributed by atoms with Crippen molar-refractivity contribution < 1.29 is 23.1 Å². The average molecular weight is 286 g/mol. The van der Waals surface area contributed by atoms with Gasteiger partial charge >= 0.3 is 12.0 Å². The summed E-state index contributed by atoms with van der Waals surface area (Å²) in [4.78, 5) is 24.2. The van der Waals surface area contributed by atoms with E-state index in [9.17, 15) is 18.4 Å². The number of rotatable bonds is 5. The molecule has 0 radical (unpaired) electrons. The van der Waals surface area contributed by atoms with Crippen LogP contribution in [0.15, 0.2) is 18.2 Å². The molecule has 1 N–H and O–H groups in total. The summed E-state index contributed by atoms with van der Waals surface area (Å²) in [6, 6.07) is 2.29. The topological polar surface area (TPSA) is 58.6 Å². The highest BCUT2D eigenvalue weighted by atomic mass is 19.1. The quantitative estimate of drug-likeness (QED) is 0.845. The Hall–Kier alpha value is -2.18. The van der Waals surface area contributed by atoms with Gasteiger partial charge in [-0.05, 0) is 19.1 Å². The molecule has 0 aliphatic rings. The van der Waals surface area contributed by atoms with Crippen LogP contribution in [0.25, 0.3) is 0 Å². The van der Waals surface area contributed by atoms with E-state index in [1.807, 2.05) is 0 Å². The van der Waals surface area contributed by atoms with Gasteiger partial charge in [0.25, 0.3) is 0 Å². The van der Waals surface area contributed by atoms with E-state index in [1.54, 1.807) is 6.92 Å². The first-order chi connectivity index (χ1) is 9.47. The van der Waals surface area contributed by atoms with Gasteiger partial charge in [-0.1, -0.05) is 0 Å². The fraction of sp³-hybridized carbons (Fsp3) is 0.385. The first-order valence-corrected chi connectivity index (χ1v) is 6.05. The largest absolute Gasteiger partial charge is 0.469 e. The number of urea groups is 1. The van der Waals surface area contributed by atoms with Crippen LogP contribution in [0.2, 0.25) is 0 Å². The third kappa shape index (κ3) is 4.49. The van der Waals surface area contributed by atoms with E-state index in [4.69, 9.17) is 0 Å². The number of benzene rings is 1. The second-order valence-electron chi connectivity index (χ2n) is 3.96. The number of methoxy groups -OCH3 is 1. The van der Waals surface area contributed by atoms with Crippen LogP contribution in [0.5, 0.6) is 0 Å². The lowest BCUT2D eigenvalue weighted by molar-refractivity contribution is -0.140. The van der Waals surface area contributed by atoms with Crippen molar-refractivity contribution in [2.45, 2.75) is 13.3 Å². The van der Waals surface area contributed by atoms with E-state index in [0.29, 0.717) is 12.6 Å². The van der Waals surface area contributed by atoms with Gasteiger partial charge in [0.2, 0.25) is 0 Å². The molecular formula is C13H16F2N2O3. The number of nitrogens with zero attached hydrogens (tertiary/aromatic N) is 1. The maximum atomic E-state index is 13.4. The molecule has 0 saturated carbocycles. The molecule has 20 heavy (non-hydrogen) atoms. The third-order valence-electron chi connectivity index (χ3n) is 2.66. The first-order valence-electron chi connectivity index (χ1n) is 6.05. The smallest absolute Gasteiger partial charge is 0.321 e. The number of hydrogen-bond donors (Lipinski definition) is 1. The number of carbonyl (C=O) groups excluding carboxylic acids is 2. The van der Waals surface area contributed by atoms with Gasteiger partial charge in [0, 0.05) is 19.2 Å². The van der Waals surface area contributed by atoms with Gasteiger partial charge in [-0.25, -0.2) is 13.6 Å². The zero-order chi connectivity index (χ0) is 15.1. The predicted octanol–water partition coefficient (Wildman–Crippen LogP) is 2.38. The molecule has 0 aliphatic carbocycles. The van der Waals surface area contributed by atoms with Gasteiger partial charge in [0.1, 0.15) is 11.6 Å². The Labute approximate surface area is 115 Å². The van der Waals surface area contributed by atoms with Gasteiger partial charge in [0.05, 0.1) is 19.2 Å². The maximum Gasteiger partial charge on any atom is 0.321 e. The van der Waals surface area contributed by atoms with Crippen LogP contribution in [0.4, 0.5) is 19.3 Å². The molecule has 0 spiro atoms. The van der Waals surface area contributed by atoms with Crippen molar-refractivity contribution in [2.75, 3.05) is 25.5 Å². The standard InChI is InChI=1S/C13H16F2N2O3/c1-3-17(7-6-12(18)20-2)13(19)16-11-5-4-9(14)8-10(11)15/h4-5,8H,3,6-7H2,1-2H3,(H,16,19). The minimum atomic E-state index is -0.859. The van der Waals surface area contributed by atoms with Crippen LogP contribution in [0.3, 0.4) is 0 Å². The molecule has 110 valence electrons. The van der Waals surface area contributed by atoms with E-state index in [1.165, 1.54) is 12.0 Å². The molecule has 1 aromatic rings. The van der Waals surface area contributed by atoms with Gasteiger partial charge in [-0.3, -0.25) is 4.79 Å². The average Bonchev–Trinajstić information content (AvgIpc) is 2.42. The first kappa shape index (κ1) is 15.9. The number of carbonyl (C=O) groups is 2. The lowest BCUT2D eigenvalue weighted by atomic mass is 10.3. The Morgan fingerprint density at radius 3 is 2.60 bits per heavy atom. The molecule has 0 heterocycles. The minimum Gasteiger partial charge on any atom is -0.469 e. The molecule has 7 heteroatoms. The second kappa shape index (κ2) is 7.42. The Morgan fingerprint density at radius 1 is 1.35 bits per heavy atom. The second-order valence-corrected chi connectivity index (χ2v) is 3.96.